The predicted octanol–water partition coefficient (Wildman–Crippen LogP) is 1.87. The average molecular weight is 263 g/mol. The molecule has 0 aromatic carbocycles. The minimum Gasteiger partial charge on any atom is -0.338 e. The number of hydrogen-bond acceptors (Lipinski definition) is 5. The monoisotopic (exact) mass is 263 g/mol. The number of aryl methyl sites for hydroxylation is 2. The second-order valence-corrected chi connectivity index (χ2v) is 4.69. The lowest BCUT2D eigenvalue weighted by Crippen LogP contribution is -2.18. The summed E-state index contributed by atoms with van der Waals surface area (Å²) >= 11 is 0. The number of aromatic nitrogens is 4. The van der Waals surface area contributed by atoms with Gasteiger partial charge in [-0.2, -0.15) is 10.1 Å². The molecule has 0 aliphatic heterocycles. The molecule has 0 N–H and O–H groups in total. The highest BCUT2D eigenvalue weighted by Gasteiger charge is 2.10. The zero-order chi connectivity index (χ0) is 13.7. The van der Waals surface area contributed by atoms with Crippen LogP contribution in [0.2, 0.25) is 0 Å². The van der Waals surface area contributed by atoms with Crippen LogP contribution in [0.4, 0.5) is 0 Å². The van der Waals surface area contributed by atoms with Crippen molar-refractivity contribution in [3.8, 4) is 0 Å². The normalized spacial score (nSPS) is 11.4. The summed E-state index contributed by atoms with van der Waals surface area (Å²) in [5.74, 6) is 1.46. The lowest BCUT2D eigenvalue weighted by atomic mass is 10.3. The van der Waals surface area contributed by atoms with Crippen LogP contribution in [0.25, 0.3) is 0 Å². The topological polar surface area (TPSA) is 60.0 Å². The van der Waals surface area contributed by atoms with Crippen molar-refractivity contribution in [3.05, 3.63) is 29.7 Å². The van der Waals surface area contributed by atoms with Crippen molar-refractivity contribution < 1.29 is 4.52 Å². The van der Waals surface area contributed by atoms with Gasteiger partial charge in [0.1, 0.15) is 0 Å². The van der Waals surface area contributed by atoms with Gasteiger partial charge in [-0.15, -0.1) is 0 Å². The standard InChI is InChI=1S/C13H21N5O/c1-4-6-12-14-13(19-16-12)10-17(3)9-11-7-8-18(5-2)15-11/h7-8H,4-6,9-10H2,1-3H3. The highest BCUT2D eigenvalue weighted by Crippen LogP contribution is 2.06. The minimum atomic E-state index is 0.649. The molecule has 6 nitrogen and oxygen atoms in total. The molecule has 0 amide bonds. The summed E-state index contributed by atoms with van der Waals surface area (Å²) in [4.78, 5) is 6.47. The lowest BCUT2D eigenvalue weighted by molar-refractivity contribution is 0.257. The maximum atomic E-state index is 5.22. The van der Waals surface area contributed by atoms with Crippen LogP contribution in [-0.4, -0.2) is 31.9 Å². The van der Waals surface area contributed by atoms with Gasteiger partial charge >= 0.3 is 0 Å². The minimum absolute atomic E-state index is 0.649. The maximum absolute atomic E-state index is 5.22. The van der Waals surface area contributed by atoms with E-state index in [0.717, 1.165) is 37.4 Å². The lowest BCUT2D eigenvalue weighted by Gasteiger charge is -2.11. The first kappa shape index (κ1) is 13.7. The van der Waals surface area contributed by atoms with Crippen LogP contribution in [0.5, 0.6) is 0 Å². The zero-order valence-electron chi connectivity index (χ0n) is 11.8. The second kappa shape index (κ2) is 6.47. The Kier molecular flexibility index (Phi) is 4.68. The van der Waals surface area contributed by atoms with Crippen LogP contribution >= 0.6 is 0 Å². The van der Waals surface area contributed by atoms with Crippen LogP contribution in [0.15, 0.2) is 16.8 Å². The first-order chi connectivity index (χ1) is 9.21. The Labute approximate surface area is 113 Å². The number of hydrogen-bond donors (Lipinski definition) is 0. The molecule has 0 spiro atoms. The first-order valence-corrected chi connectivity index (χ1v) is 6.73. The van der Waals surface area contributed by atoms with E-state index in [-0.39, 0.29) is 0 Å². The molecule has 2 aromatic heterocycles. The summed E-state index contributed by atoms with van der Waals surface area (Å²) in [5, 5.41) is 8.40. The van der Waals surface area contributed by atoms with Crippen LogP contribution in [0.1, 0.15) is 37.7 Å². The first-order valence-electron chi connectivity index (χ1n) is 6.73. The Morgan fingerprint density at radius 2 is 2.16 bits per heavy atom. The molecule has 0 saturated carbocycles. The van der Waals surface area contributed by atoms with Gasteiger partial charge in [-0.3, -0.25) is 9.58 Å². The second-order valence-electron chi connectivity index (χ2n) is 4.69. The number of nitrogens with zero attached hydrogens (tertiary/aromatic N) is 5. The van der Waals surface area contributed by atoms with Gasteiger partial charge in [-0.05, 0) is 26.5 Å². The Bertz CT molecular complexity index is 505. The molecule has 0 bridgehead atoms. The molecular weight excluding hydrogens is 242 g/mol. The van der Waals surface area contributed by atoms with Gasteiger partial charge in [0, 0.05) is 25.7 Å². The summed E-state index contributed by atoms with van der Waals surface area (Å²) in [7, 11) is 2.02. The Morgan fingerprint density at radius 3 is 2.84 bits per heavy atom. The quantitative estimate of drug-likeness (QED) is 0.763. The van der Waals surface area contributed by atoms with E-state index in [1.807, 2.05) is 24.0 Å². The summed E-state index contributed by atoms with van der Waals surface area (Å²) in [6, 6.07) is 2.04. The van der Waals surface area contributed by atoms with Gasteiger partial charge in [-0.1, -0.05) is 12.1 Å². The highest BCUT2D eigenvalue weighted by atomic mass is 16.5. The molecular formula is C13H21N5O. The van der Waals surface area contributed by atoms with E-state index >= 15 is 0 Å². The molecule has 19 heavy (non-hydrogen) atoms. The van der Waals surface area contributed by atoms with Gasteiger partial charge < -0.3 is 4.52 Å². The fourth-order valence-electron chi connectivity index (χ4n) is 1.91. The molecule has 6 heteroatoms. The molecule has 0 aliphatic carbocycles. The van der Waals surface area contributed by atoms with Crippen molar-refractivity contribution in [2.45, 2.75) is 46.3 Å². The fraction of sp³-hybridized carbons (Fsp3) is 0.615. The molecule has 2 heterocycles. The van der Waals surface area contributed by atoms with Crippen LogP contribution in [-0.2, 0) is 26.1 Å². The van der Waals surface area contributed by atoms with Crippen molar-refractivity contribution >= 4 is 0 Å². The van der Waals surface area contributed by atoms with E-state index in [1.54, 1.807) is 0 Å². The fourth-order valence-corrected chi connectivity index (χ4v) is 1.91. The van der Waals surface area contributed by atoms with Gasteiger partial charge in [0.25, 0.3) is 0 Å². The largest absolute Gasteiger partial charge is 0.338 e. The summed E-state index contributed by atoms with van der Waals surface area (Å²) in [6.07, 6.45) is 3.90. The third kappa shape index (κ3) is 3.89. The molecule has 0 unspecified atom stereocenters. The van der Waals surface area contributed by atoms with Gasteiger partial charge in [0.05, 0.1) is 12.2 Å². The molecule has 0 aliphatic rings. The van der Waals surface area contributed by atoms with Crippen LogP contribution in [0, 0.1) is 0 Å². The zero-order valence-corrected chi connectivity index (χ0v) is 11.8. The van der Waals surface area contributed by atoms with Crippen LogP contribution < -0.4 is 0 Å². The summed E-state index contributed by atoms with van der Waals surface area (Å²) in [5.41, 5.74) is 1.05. The smallest absolute Gasteiger partial charge is 0.240 e. The third-order valence-electron chi connectivity index (χ3n) is 2.84. The molecule has 104 valence electrons. The van der Waals surface area contributed by atoms with Gasteiger partial charge in [0.15, 0.2) is 5.82 Å². The van der Waals surface area contributed by atoms with E-state index in [1.165, 1.54) is 0 Å². The summed E-state index contributed by atoms with van der Waals surface area (Å²) < 4.78 is 7.15. The Balaban J connectivity index is 1.87. The molecule has 0 saturated heterocycles. The van der Waals surface area contributed by atoms with E-state index < -0.39 is 0 Å². The third-order valence-corrected chi connectivity index (χ3v) is 2.84. The molecule has 2 rings (SSSR count). The van der Waals surface area contributed by atoms with Crippen molar-refractivity contribution in [1.82, 2.24) is 24.8 Å². The van der Waals surface area contributed by atoms with E-state index in [4.69, 9.17) is 4.52 Å². The Hall–Kier alpha value is -1.69. The van der Waals surface area contributed by atoms with Crippen LogP contribution in [0.3, 0.4) is 0 Å². The molecule has 0 atom stereocenters. The molecule has 0 fully saturated rings. The Morgan fingerprint density at radius 1 is 1.32 bits per heavy atom. The van der Waals surface area contributed by atoms with Crippen molar-refractivity contribution in [2.75, 3.05) is 7.05 Å². The number of rotatable bonds is 7. The van der Waals surface area contributed by atoms with Crippen molar-refractivity contribution in [1.29, 1.82) is 0 Å². The van der Waals surface area contributed by atoms with E-state index in [0.29, 0.717) is 12.4 Å². The van der Waals surface area contributed by atoms with Gasteiger partial charge in [0.2, 0.25) is 5.89 Å². The predicted molar refractivity (Wildman–Crippen MR) is 71.4 cm³/mol. The molecule has 2 aromatic rings. The average Bonchev–Trinajstić information content (AvgIpc) is 2.99. The van der Waals surface area contributed by atoms with E-state index in [2.05, 4.69) is 34.0 Å². The van der Waals surface area contributed by atoms with Gasteiger partial charge in [-0.25, -0.2) is 0 Å². The van der Waals surface area contributed by atoms with Crippen molar-refractivity contribution in [3.63, 3.8) is 0 Å². The SMILES string of the molecule is CCCc1noc(CN(C)Cc2ccn(CC)n2)n1. The molecule has 0 radical (unpaired) electrons. The van der Waals surface area contributed by atoms with E-state index in [9.17, 15) is 0 Å². The summed E-state index contributed by atoms with van der Waals surface area (Å²) in [6.45, 7) is 6.50. The van der Waals surface area contributed by atoms with Crippen molar-refractivity contribution in [2.24, 2.45) is 0 Å². The maximum Gasteiger partial charge on any atom is 0.240 e. The highest BCUT2D eigenvalue weighted by molar-refractivity contribution is 4.98.